The van der Waals surface area contributed by atoms with Crippen molar-refractivity contribution in [2.45, 2.75) is 32.1 Å². The maximum absolute atomic E-state index is 11.7. The quantitative estimate of drug-likeness (QED) is 0.679. The van der Waals surface area contributed by atoms with E-state index >= 15 is 0 Å². The van der Waals surface area contributed by atoms with Crippen LogP contribution in [0.15, 0.2) is 0 Å². The van der Waals surface area contributed by atoms with Crippen LogP contribution in [0.3, 0.4) is 0 Å². The van der Waals surface area contributed by atoms with Gasteiger partial charge in [-0.25, -0.2) is 0 Å². The van der Waals surface area contributed by atoms with Crippen LogP contribution in [0.4, 0.5) is 0 Å². The third-order valence-corrected chi connectivity index (χ3v) is 4.13. The topological polar surface area (TPSA) is 52.3 Å². The van der Waals surface area contributed by atoms with Crippen LogP contribution < -0.4 is 5.73 Å². The van der Waals surface area contributed by atoms with E-state index in [-0.39, 0.29) is 11.4 Å². The third-order valence-electron chi connectivity index (χ3n) is 4.13. The van der Waals surface area contributed by atoms with E-state index in [1.54, 1.807) is 0 Å². The van der Waals surface area contributed by atoms with Gasteiger partial charge in [0.1, 0.15) is 0 Å². The highest BCUT2D eigenvalue weighted by Crippen LogP contribution is 2.52. The molecule has 0 aromatic carbocycles. The van der Waals surface area contributed by atoms with E-state index in [2.05, 4.69) is 0 Å². The first-order valence-electron chi connectivity index (χ1n) is 5.50. The number of nitrogens with two attached hydrogens (primary N) is 1. The summed E-state index contributed by atoms with van der Waals surface area (Å²) in [6, 6.07) is 0. The van der Waals surface area contributed by atoms with Gasteiger partial charge in [-0.2, -0.15) is 0 Å². The molecule has 2 atom stereocenters. The number of hydrogen-bond donors (Lipinski definition) is 1. The fourth-order valence-electron chi connectivity index (χ4n) is 3.37. The van der Waals surface area contributed by atoms with E-state index in [0.717, 1.165) is 24.7 Å². The molecule has 2 N–H and O–H groups in total. The average Bonchev–Trinajstić information content (AvgIpc) is 2.74. The van der Waals surface area contributed by atoms with Gasteiger partial charge < -0.3 is 10.5 Å². The van der Waals surface area contributed by atoms with Crippen LogP contribution in [0.25, 0.3) is 0 Å². The molecule has 2 fully saturated rings. The number of carbonyl (C=O) groups excluding carboxylic acids is 1. The summed E-state index contributed by atoms with van der Waals surface area (Å²) < 4.78 is 4.87. The standard InChI is InChI=1S/C11H19NO2/c1-14-10(13)11(7-12)5-8-3-2-4-9(8)6-11/h8-9H,2-7,12H2,1H3. The summed E-state index contributed by atoms with van der Waals surface area (Å²) in [6.45, 7) is 0.451. The molecular weight excluding hydrogens is 178 g/mol. The molecule has 80 valence electrons. The number of carbonyl (C=O) groups is 1. The number of hydrogen-bond acceptors (Lipinski definition) is 3. The highest BCUT2D eigenvalue weighted by molar-refractivity contribution is 5.77. The molecule has 0 radical (unpaired) electrons. The summed E-state index contributed by atoms with van der Waals surface area (Å²) in [7, 11) is 1.47. The van der Waals surface area contributed by atoms with Gasteiger partial charge in [0.15, 0.2) is 0 Å². The van der Waals surface area contributed by atoms with Crippen molar-refractivity contribution in [3.05, 3.63) is 0 Å². The van der Waals surface area contributed by atoms with Crippen LogP contribution in [0.2, 0.25) is 0 Å². The summed E-state index contributed by atoms with van der Waals surface area (Å²) in [5.41, 5.74) is 5.40. The number of methoxy groups -OCH3 is 1. The van der Waals surface area contributed by atoms with E-state index in [1.165, 1.54) is 26.4 Å². The zero-order valence-corrected chi connectivity index (χ0v) is 8.79. The largest absolute Gasteiger partial charge is 0.469 e. The molecule has 0 saturated heterocycles. The Hall–Kier alpha value is -0.570. The van der Waals surface area contributed by atoms with Crippen molar-refractivity contribution in [1.29, 1.82) is 0 Å². The Kier molecular flexibility index (Phi) is 2.52. The van der Waals surface area contributed by atoms with Crippen LogP contribution in [0.1, 0.15) is 32.1 Å². The van der Waals surface area contributed by atoms with Crippen molar-refractivity contribution in [3.63, 3.8) is 0 Å². The molecule has 2 aliphatic rings. The van der Waals surface area contributed by atoms with Crippen LogP contribution in [0.5, 0.6) is 0 Å². The van der Waals surface area contributed by atoms with Crippen LogP contribution in [-0.4, -0.2) is 19.6 Å². The second kappa shape index (κ2) is 3.54. The Labute approximate surface area is 85.0 Å². The molecule has 2 unspecified atom stereocenters. The normalized spacial score (nSPS) is 41.0. The Morgan fingerprint density at radius 1 is 1.43 bits per heavy atom. The van der Waals surface area contributed by atoms with E-state index < -0.39 is 0 Å². The Morgan fingerprint density at radius 3 is 2.43 bits per heavy atom. The number of rotatable bonds is 2. The molecule has 2 saturated carbocycles. The zero-order valence-electron chi connectivity index (χ0n) is 8.79. The molecule has 0 spiro atoms. The fraction of sp³-hybridized carbons (Fsp3) is 0.909. The van der Waals surface area contributed by atoms with Gasteiger partial charge in [0.2, 0.25) is 0 Å². The molecule has 0 aromatic rings. The fourth-order valence-corrected chi connectivity index (χ4v) is 3.37. The minimum absolute atomic E-state index is 0.0885. The first-order valence-corrected chi connectivity index (χ1v) is 5.50. The van der Waals surface area contributed by atoms with E-state index in [4.69, 9.17) is 10.5 Å². The van der Waals surface area contributed by atoms with Crippen molar-refractivity contribution in [2.24, 2.45) is 23.0 Å². The highest BCUT2D eigenvalue weighted by Gasteiger charge is 2.51. The average molecular weight is 197 g/mol. The molecular formula is C11H19NO2. The first-order chi connectivity index (χ1) is 6.72. The lowest BCUT2D eigenvalue weighted by molar-refractivity contribution is -0.152. The predicted octanol–water partition coefficient (Wildman–Crippen LogP) is 1.31. The van der Waals surface area contributed by atoms with Crippen molar-refractivity contribution in [3.8, 4) is 0 Å². The molecule has 2 rings (SSSR count). The number of ether oxygens (including phenoxy) is 1. The van der Waals surface area contributed by atoms with Crippen molar-refractivity contribution in [2.75, 3.05) is 13.7 Å². The van der Waals surface area contributed by atoms with Gasteiger partial charge in [-0.15, -0.1) is 0 Å². The van der Waals surface area contributed by atoms with E-state index in [0.29, 0.717) is 6.54 Å². The first kappa shape index (κ1) is 9.97. The molecule has 3 nitrogen and oxygen atoms in total. The molecule has 0 amide bonds. The van der Waals surface area contributed by atoms with Gasteiger partial charge in [-0.1, -0.05) is 19.3 Å². The molecule has 0 aromatic heterocycles. The Bertz CT molecular complexity index is 227. The van der Waals surface area contributed by atoms with E-state index in [9.17, 15) is 4.79 Å². The smallest absolute Gasteiger partial charge is 0.313 e. The molecule has 14 heavy (non-hydrogen) atoms. The second-order valence-corrected chi connectivity index (χ2v) is 4.84. The lowest BCUT2D eigenvalue weighted by atomic mass is 9.84. The summed E-state index contributed by atoms with van der Waals surface area (Å²) >= 11 is 0. The molecule has 0 aliphatic heterocycles. The molecule has 3 heteroatoms. The van der Waals surface area contributed by atoms with Crippen LogP contribution in [-0.2, 0) is 9.53 Å². The highest BCUT2D eigenvalue weighted by atomic mass is 16.5. The summed E-state index contributed by atoms with van der Waals surface area (Å²) in [5, 5.41) is 0. The number of fused-ring (bicyclic) bond motifs is 1. The van der Waals surface area contributed by atoms with Crippen molar-refractivity contribution < 1.29 is 9.53 Å². The van der Waals surface area contributed by atoms with Gasteiger partial charge >= 0.3 is 5.97 Å². The monoisotopic (exact) mass is 197 g/mol. The third kappa shape index (κ3) is 1.34. The lowest BCUT2D eigenvalue weighted by Crippen LogP contribution is -2.37. The summed E-state index contributed by atoms with van der Waals surface area (Å²) in [5.74, 6) is 1.38. The predicted molar refractivity (Wildman–Crippen MR) is 53.6 cm³/mol. The van der Waals surface area contributed by atoms with Gasteiger partial charge in [0.25, 0.3) is 0 Å². The van der Waals surface area contributed by atoms with Gasteiger partial charge in [0, 0.05) is 6.54 Å². The Morgan fingerprint density at radius 2 is 2.00 bits per heavy atom. The summed E-state index contributed by atoms with van der Waals surface area (Å²) in [6.07, 6.45) is 5.81. The maximum atomic E-state index is 11.7. The number of esters is 1. The SMILES string of the molecule is COC(=O)C1(CN)CC2CCCC2C1. The van der Waals surface area contributed by atoms with Crippen LogP contribution in [0, 0.1) is 17.3 Å². The van der Waals surface area contributed by atoms with E-state index in [1.807, 2.05) is 0 Å². The van der Waals surface area contributed by atoms with Gasteiger partial charge in [0.05, 0.1) is 12.5 Å². The molecule has 0 heterocycles. The molecule has 0 bridgehead atoms. The summed E-state index contributed by atoms with van der Waals surface area (Å²) in [4.78, 5) is 11.7. The van der Waals surface area contributed by atoms with Gasteiger partial charge in [-0.05, 0) is 24.7 Å². The van der Waals surface area contributed by atoms with Crippen molar-refractivity contribution >= 4 is 5.97 Å². The second-order valence-electron chi connectivity index (χ2n) is 4.84. The zero-order chi connectivity index (χ0) is 10.2. The maximum Gasteiger partial charge on any atom is 0.313 e. The minimum Gasteiger partial charge on any atom is -0.469 e. The Balaban J connectivity index is 2.12. The molecule has 2 aliphatic carbocycles. The van der Waals surface area contributed by atoms with Crippen LogP contribution >= 0.6 is 0 Å². The van der Waals surface area contributed by atoms with Gasteiger partial charge in [-0.3, -0.25) is 4.79 Å². The minimum atomic E-state index is -0.343. The van der Waals surface area contributed by atoms with Crippen molar-refractivity contribution in [1.82, 2.24) is 0 Å². The lowest BCUT2D eigenvalue weighted by Gasteiger charge is -2.24.